The molecule has 3 fully saturated rings. The number of benzene rings is 2. The maximum absolute atomic E-state index is 15.8. The van der Waals surface area contributed by atoms with Gasteiger partial charge in [-0.05, 0) is 92.6 Å². The van der Waals surface area contributed by atoms with Crippen LogP contribution in [-0.2, 0) is 0 Å². The Balaban J connectivity index is 1.15. The number of H-pyrrole nitrogens is 2. The van der Waals surface area contributed by atoms with E-state index in [9.17, 15) is 0 Å². The van der Waals surface area contributed by atoms with Crippen LogP contribution < -0.4 is 10.6 Å². The molecule has 7 heteroatoms. The lowest BCUT2D eigenvalue weighted by molar-refractivity contribution is 0.613. The molecule has 4 atom stereocenters. The number of nitrogens with one attached hydrogen (secondary N) is 4. The Morgan fingerprint density at radius 3 is 1.95 bits per heavy atom. The maximum Gasteiger partial charge on any atom is 0.131 e. The van der Waals surface area contributed by atoms with Crippen molar-refractivity contribution in [2.24, 2.45) is 0 Å². The number of hydrogen-bond donors (Lipinski definition) is 4. The predicted octanol–water partition coefficient (Wildman–Crippen LogP) is 6.49. The first-order chi connectivity index (χ1) is 18.7. The second-order valence-corrected chi connectivity index (χ2v) is 11.6. The summed E-state index contributed by atoms with van der Waals surface area (Å²) in [5.41, 5.74) is 8.56. The second kappa shape index (κ2) is 8.89. The fourth-order valence-corrected chi connectivity index (χ4v) is 7.54. The number of hydrogen-bond acceptors (Lipinski definition) is 4. The lowest BCUT2D eigenvalue weighted by Crippen LogP contribution is -2.14. The highest BCUT2D eigenvalue weighted by atomic mass is 19.1. The third kappa shape index (κ3) is 3.59. The summed E-state index contributed by atoms with van der Waals surface area (Å²) in [6.07, 6.45) is 12.0. The van der Waals surface area contributed by atoms with Gasteiger partial charge in [0.15, 0.2) is 0 Å². The van der Waals surface area contributed by atoms with Crippen LogP contribution in [0.5, 0.6) is 0 Å². The summed E-state index contributed by atoms with van der Waals surface area (Å²) in [6.45, 7) is 2.08. The van der Waals surface area contributed by atoms with Crippen LogP contribution in [0.3, 0.4) is 0 Å². The van der Waals surface area contributed by atoms with E-state index in [1.54, 1.807) is 6.07 Å². The Morgan fingerprint density at radius 2 is 1.29 bits per heavy atom. The largest absolute Gasteiger partial charge is 0.341 e. The summed E-state index contributed by atoms with van der Waals surface area (Å²) < 4.78 is 15.8. The van der Waals surface area contributed by atoms with Gasteiger partial charge in [0.25, 0.3) is 0 Å². The highest BCUT2D eigenvalue weighted by molar-refractivity contribution is 5.80. The van der Waals surface area contributed by atoms with Crippen molar-refractivity contribution in [3.8, 4) is 33.6 Å². The molecule has 2 saturated heterocycles. The summed E-state index contributed by atoms with van der Waals surface area (Å²) in [5, 5.41) is 7.01. The van der Waals surface area contributed by atoms with Gasteiger partial charge in [-0.25, -0.2) is 14.4 Å². The summed E-state index contributed by atoms with van der Waals surface area (Å²) in [6, 6.07) is 10.6. The van der Waals surface area contributed by atoms with Crippen molar-refractivity contribution in [1.82, 2.24) is 30.6 Å². The summed E-state index contributed by atoms with van der Waals surface area (Å²) in [4.78, 5) is 16.3. The van der Waals surface area contributed by atoms with Crippen molar-refractivity contribution >= 4 is 0 Å². The minimum absolute atomic E-state index is 0.175. The molecule has 194 valence electrons. The molecular formula is C31H33FN6. The van der Waals surface area contributed by atoms with Gasteiger partial charge in [-0.3, -0.25) is 0 Å². The van der Waals surface area contributed by atoms with Gasteiger partial charge >= 0.3 is 0 Å². The molecule has 2 aliphatic carbocycles. The van der Waals surface area contributed by atoms with Gasteiger partial charge in [-0.15, -0.1) is 0 Å². The average Bonchev–Trinajstić information content (AvgIpc) is 3.78. The molecule has 2 aliphatic heterocycles. The molecule has 8 rings (SSSR count). The molecule has 1 saturated carbocycles. The Hall–Kier alpha value is -3.29. The van der Waals surface area contributed by atoms with E-state index in [1.165, 1.54) is 42.4 Å². The standard InChI is InChI=1S/C31H33FN6/c32-23-14-17(26-15-35-30(37-26)24-3-1-11-33-24)7-8-20(23)21-9-10-22(29-19-6-5-18(13-19)28(21)29)27-16-36-31(38-27)25-4-2-12-34-25/h7-10,14-16,18-19,24-25,33-34H,1-6,11-13H2,(H,35,37)(H,36,38)/t18?,19?,24-,25?/m0/s1. The summed E-state index contributed by atoms with van der Waals surface area (Å²) >= 11 is 0. The SMILES string of the molecule is Fc1cc(-c2cnc([C@@H]3CCCN3)[nH]2)ccc1-c1ccc(-c2cnc(C3CCCN3)[nH]2)c2c1C1CCC2C1. The van der Waals surface area contributed by atoms with E-state index in [-0.39, 0.29) is 11.9 Å². The summed E-state index contributed by atoms with van der Waals surface area (Å²) in [7, 11) is 0. The molecule has 0 radical (unpaired) electrons. The minimum atomic E-state index is -0.175. The Morgan fingerprint density at radius 1 is 0.684 bits per heavy atom. The van der Waals surface area contributed by atoms with Crippen molar-refractivity contribution in [3.63, 3.8) is 0 Å². The monoisotopic (exact) mass is 508 g/mol. The molecule has 4 aliphatic rings. The van der Waals surface area contributed by atoms with Gasteiger partial charge in [0.05, 0.1) is 35.9 Å². The molecule has 6 nitrogen and oxygen atoms in total. The topological polar surface area (TPSA) is 81.4 Å². The zero-order valence-corrected chi connectivity index (χ0v) is 21.5. The first-order valence-electron chi connectivity index (χ1n) is 14.3. The van der Waals surface area contributed by atoms with Gasteiger partial charge in [0, 0.05) is 16.7 Å². The van der Waals surface area contributed by atoms with Gasteiger partial charge in [0.1, 0.15) is 17.5 Å². The van der Waals surface area contributed by atoms with Gasteiger partial charge in [0.2, 0.25) is 0 Å². The van der Waals surface area contributed by atoms with Crippen molar-refractivity contribution < 1.29 is 4.39 Å². The van der Waals surface area contributed by atoms with E-state index in [1.807, 2.05) is 24.5 Å². The number of aromatic nitrogens is 4. The quantitative estimate of drug-likeness (QED) is 0.249. The maximum atomic E-state index is 15.8. The zero-order valence-electron chi connectivity index (χ0n) is 21.5. The molecule has 38 heavy (non-hydrogen) atoms. The lowest BCUT2D eigenvalue weighted by atomic mass is 9.82. The van der Waals surface area contributed by atoms with Crippen LogP contribution in [0, 0.1) is 5.82 Å². The fraction of sp³-hybridized carbons (Fsp3) is 0.419. The van der Waals surface area contributed by atoms with Crippen molar-refractivity contribution in [1.29, 1.82) is 0 Å². The average molecular weight is 509 g/mol. The summed E-state index contributed by atoms with van der Waals surface area (Å²) in [5.74, 6) is 2.86. The van der Waals surface area contributed by atoms with Crippen LogP contribution in [0.15, 0.2) is 42.7 Å². The molecule has 0 spiro atoms. The van der Waals surface area contributed by atoms with E-state index >= 15 is 4.39 Å². The Bertz CT molecular complexity index is 1510. The van der Waals surface area contributed by atoms with Gasteiger partial charge < -0.3 is 20.6 Å². The molecule has 0 amide bonds. The van der Waals surface area contributed by atoms with Gasteiger partial charge in [-0.2, -0.15) is 0 Å². The Labute approximate surface area is 221 Å². The molecule has 2 aromatic carbocycles. The molecular weight excluding hydrogens is 475 g/mol. The van der Waals surface area contributed by atoms with Crippen LogP contribution in [0.2, 0.25) is 0 Å². The number of imidazole rings is 2. The number of rotatable bonds is 5. The molecule has 4 aromatic rings. The van der Waals surface area contributed by atoms with E-state index < -0.39 is 0 Å². The third-order valence-electron chi connectivity index (χ3n) is 9.37. The Kier molecular flexibility index (Phi) is 5.30. The lowest BCUT2D eigenvalue weighted by Gasteiger charge is -2.22. The van der Waals surface area contributed by atoms with Crippen molar-refractivity contribution in [3.05, 3.63) is 71.3 Å². The molecule has 3 unspecified atom stereocenters. The molecule has 4 N–H and O–H groups in total. The smallest absolute Gasteiger partial charge is 0.131 e. The number of fused-ring (bicyclic) bond motifs is 5. The molecule has 2 aromatic heterocycles. The van der Waals surface area contributed by atoms with Crippen LogP contribution in [-0.4, -0.2) is 33.0 Å². The third-order valence-corrected chi connectivity index (χ3v) is 9.37. The van der Waals surface area contributed by atoms with Crippen LogP contribution in [0.1, 0.15) is 91.6 Å². The predicted molar refractivity (Wildman–Crippen MR) is 146 cm³/mol. The van der Waals surface area contributed by atoms with Crippen LogP contribution >= 0.6 is 0 Å². The first kappa shape index (κ1) is 22.7. The number of halogens is 1. The van der Waals surface area contributed by atoms with E-state index in [4.69, 9.17) is 4.98 Å². The highest BCUT2D eigenvalue weighted by Gasteiger charge is 2.41. The van der Waals surface area contributed by atoms with Crippen molar-refractivity contribution in [2.45, 2.75) is 68.9 Å². The van der Waals surface area contributed by atoms with Gasteiger partial charge in [-0.1, -0.05) is 24.3 Å². The van der Waals surface area contributed by atoms with E-state index in [2.05, 4.69) is 37.7 Å². The first-order valence-corrected chi connectivity index (χ1v) is 14.3. The normalized spacial score (nSPS) is 25.9. The number of aromatic amines is 2. The zero-order chi connectivity index (χ0) is 25.2. The van der Waals surface area contributed by atoms with Crippen LogP contribution in [0.4, 0.5) is 4.39 Å². The minimum Gasteiger partial charge on any atom is -0.341 e. The highest BCUT2D eigenvalue weighted by Crippen LogP contribution is 2.58. The molecule has 2 bridgehead atoms. The molecule has 4 heterocycles. The van der Waals surface area contributed by atoms with E-state index in [0.717, 1.165) is 66.5 Å². The van der Waals surface area contributed by atoms with Crippen molar-refractivity contribution in [2.75, 3.05) is 13.1 Å². The fourth-order valence-electron chi connectivity index (χ4n) is 7.54. The van der Waals surface area contributed by atoms with E-state index in [0.29, 0.717) is 23.4 Å². The second-order valence-electron chi connectivity index (χ2n) is 11.6. The van der Waals surface area contributed by atoms with Crippen LogP contribution in [0.25, 0.3) is 33.6 Å². The number of nitrogens with zero attached hydrogens (tertiary/aromatic N) is 2.